The molecule has 0 bridgehead atoms. The largest absolute Gasteiger partial charge is 0.382 e. The maximum atomic E-state index is 4.10. The summed E-state index contributed by atoms with van der Waals surface area (Å²) in [6, 6.07) is 9.32. The van der Waals surface area contributed by atoms with E-state index in [1.165, 1.54) is 43.4 Å². The number of benzene rings is 1. The highest BCUT2D eigenvalue weighted by Gasteiger charge is 2.19. The van der Waals surface area contributed by atoms with Gasteiger partial charge >= 0.3 is 0 Å². The zero-order valence-corrected chi connectivity index (χ0v) is 12.8. The van der Waals surface area contributed by atoms with Crippen molar-refractivity contribution < 1.29 is 0 Å². The molecule has 0 radical (unpaired) electrons. The quantitative estimate of drug-likeness (QED) is 0.886. The Balaban J connectivity index is 1.62. The minimum absolute atomic E-state index is 0.564. The number of aromatic nitrogens is 2. The zero-order chi connectivity index (χ0) is 14.5. The van der Waals surface area contributed by atoms with Gasteiger partial charge in [0.1, 0.15) is 0 Å². The van der Waals surface area contributed by atoms with Crippen LogP contribution >= 0.6 is 0 Å². The van der Waals surface area contributed by atoms with Crippen molar-refractivity contribution in [2.45, 2.75) is 51.6 Å². The van der Waals surface area contributed by atoms with Gasteiger partial charge in [0.05, 0.1) is 6.33 Å². The molecule has 1 heterocycles. The molecule has 3 heteroatoms. The number of hydrogen-bond acceptors (Lipinski definition) is 2. The van der Waals surface area contributed by atoms with Crippen LogP contribution in [0.15, 0.2) is 43.0 Å². The molecule has 112 valence electrons. The molecule has 21 heavy (non-hydrogen) atoms. The second-order valence-corrected chi connectivity index (χ2v) is 6.27. The Hall–Kier alpha value is -1.77. The second-order valence-electron chi connectivity index (χ2n) is 6.27. The molecular formula is C18H25N3. The van der Waals surface area contributed by atoms with Gasteiger partial charge in [0.15, 0.2) is 0 Å². The number of nitrogens with one attached hydrogen (secondary N) is 1. The lowest BCUT2D eigenvalue weighted by Crippen LogP contribution is -2.27. The second kappa shape index (κ2) is 6.79. The maximum Gasteiger partial charge on any atom is 0.0949 e. The lowest BCUT2D eigenvalue weighted by atomic mass is 9.84. The summed E-state index contributed by atoms with van der Waals surface area (Å²) in [6.07, 6.45) is 12.7. The van der Waals surface area contributed by atoms with Crippen molar-refractivity contribution in [1.82, 2.24) is 9.55 Å². The third-order valence-electron chi connectivity index (χ3n) is 4.60. The average Bonchev–Trinajstić information content (AvgIpc) is 3.01. The first-order chi connectivity index (χ1) is 10.3. The first-order valence-corrected chi connectivity index (χ1v) is 8.12. The summed E-state index contributed by atoms with van der Waals surface area (Å²) in [7, 11) is 0. The van der Waals surface area contributed by atoms with E-state index in [1.807, 2.05) is 18.7 Å². The molecule has 0 aliphatic heterocycles. The van der Waals surface area contributed by atoms with Crippen LogP contribution in [0.2, 0.25) is 0 Å². The lowest BCUT2D eigenvalue weighted by Gasteiger charge is -2.29. The van der Waals surface area contributed by atoms with Crippen LogP contribution < -0.4 is 5.32 Å². The summed E-state index contributed by atoms with van der Waals surface area (Å²) in [5, 5.41) is 3.71. The van der Waals surface area contributed by atoms with Gasteiger partial charge in [-0.3, -0.25) is 0 Å². The predicted octanol–water partition coefficient (Wildman–Crippen LogP) is 4.31. The Morgan fingerprint density at radius 1 is 1.29 bits per heavy atom. The maximum absolute atomic E-state index is 4.10. The number of anilines is 1. The van der Waals surface area contributed by atoms with Gasteiger partial charge in [-0.25, -0.2) is 4.98 Å². The van der Waals surface area contributed by atoms with Gasteiger partial charge in [0.25, 0.3) is 0 Å². The third-order valence-corrected chi connectivity index (χ3v) is 4.60. The normalized spacial score (nSPS) is 17.6. The van der Waals surface area contributed by atoms with Crippen molar-refractivity contribution in [3.63, 3.8) is 0 Å². The molecule has 0 spiro atoms. The molecule has 1 N–H and O–H groups in total. The van der Waals surface area contributed by atoms with Crippen LogP contribution in [-0.2, 0) is 6.54 Å². The van der Waals surface area contributed by atoms with E-state index in [4.69, 9.17) is 0 Å². The monoisotopic (exact) mass is 283 g/mol. The van der Waals surface area contributed by atoms with Crippen LogP contribution in [0, 0.1) is 5.92 Å². The summed E-state index contributed by atoms with van der Waals surface area (Å²) < 4.78 is 2.10. The summed E-state index contributed by atoms with van der Waals surface area (Å²) in [5.41, 5.74) is 2.56. The Bertz CT molecular complexity index is 541. The van der Waals surface area contributed by atoms with Crippen LogP contribution in [0.3, 0.4) is 0 Å². The fourth-order valence-corrected chi connectivity index (χ4v) is 3.37. The molecule has 2 aromatic rings. The average molecular weight is 283 g/mol. The number of rotatable bonds is 5. The highest BCUT2D eigenvalue weighted by molar-refractivity contribution is 5.46. The molecule has 3 nitrogen and oxygen atoms in total. The molecule has 1 aromatic heterocycles. The topological polar surface area (TPSA) is 29.9 Å². The zero-order valence-electron chi connectivity index (χ0n) is 12.8. The minimum atomic E-state index is 0.564. The molecule has 0 saturated heterocycles. The third kappa shape index (κ3) is 3.87. The first kappa shape index (κ1) is 14.2. The minimum Gasteiger partial charge on any atom is -0.382 e. The Morgan fingerprint density at radius 2 is 2.14 bits per heavy atom. The Labute approximate surface area is 127 Å². The van der Waals surface area contributed by atoms with Crippen LogP contribution in [0.4, 0.5) is 5.69 Å². The molecule has 1 aromatic carbocycles. The summed E-state index contributed by atoms with van der Waals surface area (Å²) >= 11 is 0. The highest BCUT2D eigenvalue weighted by atomic mass is 15.0. The summed E-state index contributed by atoms with van der Waals surface area (Å²) in [6.45, 7) is 3.21. The van der Waals surface area contributed by atoms with Crippen LogP contribution in [0.1, 0.15) is 44.6 Å². The van der Waals surface area contributed by atoms with Crippen molar-refractivity contribution in [3.8, 4) is 0 Å². The fraction of sp³-hybridized carbons (Fsp3) is 0.500. The Morgan fingerprint density at radius 3 is 2.90 bits per heavy atom. The van der Waals surface area contributed by atoms with Crippen molar-refractivity contribution in [2.75, 3.05) is 5.32 Å². The van der Waals surface area contributed by atoms with E-state index < -0.39 is 0 Å². The molecule has 1 aliphatic carbocycles. The highest BCUT2D eigenvalue weighted by Crippen LogP contribution is 2.28. The predicted molar refractivity (Wildman–Crippen MR) is 87.4 cm³/mol. The van der Waals surface area contributed by atoms with Crippen LogP contribution in [0.5, 0.6) is 0 Å². The molecule has 1 saturated carbocycles. The van der Waals surface area contributed by atoms with E-state index in [2.05, 4.69) is 46.1 Å². The van der Waals surface area contributed by atoms with E-state index in [0.717, 1.165) is 12.5 Å². The van der Waals surface area contributed by atoms with E-state index in [-0.39, 0.29) is 0 Å². The number of nitrogens with zero attached hydrogens (tertiary/aromatic N) is 2. The van der Waals surface area contributed by atoms with Gasteiger partial charge in [-0.1, -0.05) is 31.4 Å². The van der Waals surface area contributed by atoms with E-state index in [9.17, 15) is 0 Å². The Kier molecular flexibility index (Phi) is 4.59. The first-order valence-electron chi connectivity index (χ1n) is 8.12. The molecule has 1 atom stereocenters. The lowest BCUT2D eigenvalue weighted by molar-refractivity contribution is 0.328. The summed E-state index contributed by atoms with van der Waals surface area (Å²) in [4.78, 5) is 4.10. The van der Waals surface area contributed by atoms with Crippen molar-refractivity contribution >= 4 is 5.69 Å². The van der Waals surface area contributed by atoms with Gasteiger partial charge in [-0.15, -0.1) is 0 Å². The molecule has 0 amide bonds. The van der Waals surface area contributed by atoms with E-state index in [1.54, 1.807) is 0 Å². The van der Waals surface area contributed by atoms with E-state index >= 15 is 0 Å². The number of imidazole rings is 1. The van der Waals surface area contributed by atoms with E-state index in [0.29, 0.717) is 6.04 Å². The molecule has 1 aliphatic rings. The van der Waals surface area contributed by atoms with Crippen LogP contribution in [0.25, 0.3) is 0 Å². The SMILES string of the molecule is CC(Nc1cccc(Cn2ccnc2)c1)C1CCCCC1. The smallest absolute Gasteiger partial charge is 0.0949 e. The fourth-order valence-electron chi connectivity index (χ4n) is 3.37. The van der Waals surface area contributed by atoms with Gasteiger partial charge in [-0.05, 0) is 43.4 Å². The van der Waals surface area contributed by atoms with Crippen LogP contribution in [-0.4, -0.2) is 15.6 Å². The number of hydrogen-bond donors (Lipinski definition) is 1. The molecule has 1 unspecified atom stereocenters. The molecular weight excluding hydrogens is 258 g/mol. The van der Waals surface area contributed by atoms with Gasteiger partial charge in [0, 0.05) is 30.7 Å². The van der Waals surface area contributed by atoms with Gasteiger partial charge in [-0.2, -0.15) is 0 Å². The van der Waals surface area contributed by atoms with Gasteiger partial charge < -0.3 is 9.88 Å². The molecule has 3 rings (SSSR count). The molecule has 1 fully saturated rings. The standard InChI is InChI=1S/C18H25N3/c1-15(17-7-3-2-4-8-17)20-18-9-5-6-16(12-18)13-21-11-10-19-14-21/h5-6,9-12,14-15,17,20H,2-4,7-8,13H2,1H3. The summed E-state index contributed by atoms with van der Waals surface area (Å²) in [5.74, 6) is 0.830. The van der Waals surface area contributed by atoms with Crippen molar-refractivity contribution in [2.24, 2.45) is 5.92 Å². The van der Waals surface area contributed by atoms with Gasteiger partial charge in [0.2, 0.25) is 0 Å². The van der Waals surface area contributed by atoms with Crippen molar-refractivity contribution in [1.29, 1.82) is 0 Å². The van der Waals surface area contributed by atoms with Crippen molar-refractivity contribution in [3.05, 3.63) is 48.5 Å².